The number of alkyl halides is 1. The lowest BCUT2D eigenvalue weighted by atomic mass is 10.2. The van der Waals surface area contributed by atoms with Crippen molar-refractivity contribution in [1.29, 1.82) is 0 Å². The van der Waals surface area contributed by atoms with Crippen LogP contribution in [0.15, 0.2) is 41.0 Å². The van der Waals surface area contributed by atoms with Crippen LogP contribution < -0.4 is 4.74 Å². The van der Waals surface area contributed by atoms with Crippen molar-refractivity contribution in [3.63, 3.8) is 0 Å². The molecular weight excluding hydrogens is 358 g/mol. The third kappa shape index (κ3) is 3.33. The van der Waals surface area contributed by atoms with Gasteiger partial charge in [0.1, 0.15) is 12.4 Å². The molecular formula is C14H13Br2NO. The minimum Gasteiger partial charge on any atom is -0.486 e. The lowest BCUT2D eigenvalue weighted by molar-refractivity contribution is 0.298. The third-order valence-corrected chi connectivity index (χ3v) is 3.90. The van der Waals surface area contributed by atoms with Crippen molar-refractivity contribution < 1.29 is 4.74 Å². The summed E-state index contributed by atoms with van der Waals surface area (Å²) in [6.07, 6.45) is 1.79. The van der Waals surface area contributed by atoms with E-state index < -0.39 is 0 Å². The molecule has 0 aliphatic rings. The topological polar surface area (TPSA) is 22.1 Å². The van der Waals surface area contributed by atoms with E-state index in [0.29, 0.717) is 6.61 Å². The zero-order chi connectivity index (χ0) is 13.0. The number of aryl methyl sites for hydroxylation is 1. The molecule has 0 saturated carbocycles. The Morgan fingerprint density at radius 2 is 2.11 bits per heavy atom. The van der Waals surface area contributed by atoms with Gasteiger partial charge in [-0.1, -0.05) is 28.1 Å². The van der Waals surface area contributed by atoms with Crippen LogP contribution in [0.2, 0.25) is 0 Å². The SMILES string of the molecule is Cc1cccnc1COc1ccc(CBr)cc1Br. The molecule has 0 unspecified atom stereocenters. The molecule has 2 rings (SSSR count). The summed E-state index contributed by atoms with van der Waals surface area (Å²) in [5.41, 5.74) is 3.32. The van der Waals surface area contributed by atoms with E-state index in [2.05, 4.69) is 42.9 Å². The highest BCUT2D eigenvalue weighted by Gasteiger charge is 2.04. The highest BCUT2D eigenvalue weighted by molar-refractivity contribution is 9.10. The van der Waals surface area contributed by atoms with Gasteiger partial charge < -0.3 is 4.74 Å². The van der Waals surface area contributed by atoms with Crippen molar-refractivity contribution in [3.8, 4) is 5.75 Å². The maximum atomic E-state index is 5.78. The van der Waals surface area contributed by atoms with Gasteiger partial charge in [0.05, 0.1) is 10.2 Å². The smallest absolute Gasteiger partial charge is 0.134 e. The second-order valence-corrected chi connectivity index (χ2v) is 5.37. The number of aromatic nitrogens is 1. The summed E-state index contributed by atoms with van der Waals surface area (Å²) < 4.78 is 6.74. The number of hydrogen-bond donors (Lipinski definition) is 0. The standard InChI is InChI=1S/C14H13Br2NO/c1-10-3-2-6-17-13(10)9-18-14-5-4-11(8-15)7-12(14)16/h2-7H,8-9H2,1H3. The summed E-state index contributed by atoms with van der Waals surface area (Å²) in [5.74, 6) is 0.838. The number of pyridine rings is 1. The number of benzene rings is 1. The number of hydrogen-bond acceptors (Lipinski definition) is 2. The Labute approximate surface area is 124 Å². The molecule has 1 aromatic heterocycles. The van der Waals surface area contributed by atoms with Gasteiger partial charge in [-0.25, -0.2) is 0 Å². The van der Waals surface area contributed by atoms with Crippen LogP contribution in [0.4, 0.5) is 0 Å². The zero-order valence-electron chi connectivity index (χ0n) is 9.99. The van der Waals surface area contributed by atoms with Crippen molar-refractivity contribution in [3.05, 3.63) is 57.8 Å². The summed E-state index contributed by atoms with van der Waals surface area (Å²) in [7, 11) is 0. The first-order valence-electron chi connectivity index (χ1n) is 5.58. The third-order valence-electron chi connectivity index (χ3n) is 2.63. The van der Waals surface area contributed by atoms with Gasteiger partial charge >= 0.3 is 0 Å². The second kappa shape index (κ2) is 6.34. The molecule has 94 valence electrons. The van der Waals surface area contributed by atoms with E-state index in [1.165, 1.54) is 5.56 Å². The maximum Gasteiger partial charge on any atom is 0.134 e. The van der Waals surface area contributed by atoms with Gasteiger partial charge in [-0.05, 0) is 52.2 Å². The second-order valence-electron chi connectivity index (χ2n) is 3.95. The minimum atomic E-state index is 0.485. The first kappa shape index (κ1) is 13.6. The highest BCUT2D eigenvalue weighted by Crippen LogP contribution is 2.27. The lowest BCUT2D eigenvalue weighted by Crippen LogP contribution is -2.01. The molecule has 2 aromatic rings. The van der Waals surface area contributed by atoms with Crippen molar-refractivity contribution in [1.82, 2.24) is 4.98 Å². The Balaban J connectivity index is 2.09. The Morgan fingerprint density at radius 3 is 2.78 bits per heavy atom. The van der Waals surface area contributed by atoms with Gasteiger partial charge in [0.2, 0.25) is 0 Å². The summed E-state index contributed by atoms with van der Waals surface area (Å²) in [6.45, 7) is 2.52. The summed E-state index contributed by atoms with van der Waals surface area (Å²) in [5, 5.41) is 0.839. The van der Waals surface area contributed by atoms with Crippen LogP contribution in [-0.2, 0) is 11.9 Å². The van der Waals surface area contributed by atoms with E-state index in [4.69, 9.17) is 4.74 Å². The largest absolute Gasteiger partial charge is 0.486 e. The molecule has 0 N–H and O–H groups in total. The molecule has 1 aromatic carbocycles. The van der Waals surface area contributed by atoms with Gasteiger partial charge in [-0.3, -0.25) is 4.98 Å². The number of halogens is 2. The number of ether oxygens (including phenoxy) is 1. The molecule has 4 heteroatoms. The van der Waals surface area contributed by atoms with Gasteiger partial charge in [-0.2, -0.15) is 0 Å². The highest BCUT2D eigenvalue weighted by atomic mass is 79.9. The first-order valence-corrected chi connectivity index (χ1v) is 7.50. The van der Waals surface area contributed by atoms with E-state index in [1.807, 2.05) is 31.2 Å². The van der Waals surface area contributed by atoms with Crippen LogP contribution in [0.25, 0.3) is 0 Å². The van der Waals surface area contributed by atoms with Crippen molar-refractivity contribution in [2.75, 3.05) is 0 Å². The molecule has 0 radical (unpaired) electrons. The van der Waals surface area contributed by atoms with Crippen LogP contribution in [0.5, 0.6) is 5.75 Å². The lowest BCUT2D eigenvalue weighted by Gasteiger charge is -2.10. The van der Waals surface area contributed by atoms with Crippen LogP contribution in [-0.4, -0.2) is 4.98 Å². The molecule has 0 aliphatic carbocycles. The molecule has 0 spiro atoms. The summed E-state index contributed by atoms with van der Waals surface area (Å²) in [6, 6.07) is 10.0. The molecule has 0 bridgehead atoms. The van der Waals surface area contributed by atoms with E-state index in [1.54, 1.807) is 6.20 Å². The van der Waals surface area contributed by atoms with Gasteiger partial charge in [0.15, 0.2) is 0 Å². The number of rotatable bonds is 4. The van der Waals surface area contributed by atoms with E-state index in [9.17, 15) is 0 Å². The molecule has 1 heterocycles. The van der Waals surface area contributed by atoms with E-state index in [-0.39, 0.29) is 0 Å². The van der Waals surface area contributed by atoms with Crippen LogP contribution >= 0.6 is 31.9 Å². The average molecular weight is 371 g/mol. The van der Waals surface area contributed by atoms with Crippen LogP contribution in [0.1, 0.15) is 16.8 Å². The predicted molar refractivity (Wildman–Crippen MR) is 80.1 cm³/mol. The monoisotopic (exact) mass is 369 g/mol. The van der Waals surface area contributed by atoms with Gasteiger partial charge in [0.25, 0.3) is 0 Å². The molecule has 18 heavy (non-hydrogen) atoms. The fourth-order valence-corrected chi connectivity index (χ4v) is 2.45. The number of nitrogens with zero attached hydrogens (tertiary/aromatic N) is 1. The normalized spacial score (nSPS) is 10.4. The van der Waals surface area contributed by atoms with Crippen LogP contribution in [0, 0.1) is 6.92 Å². The summed E-state index contributed by atoms with van der Waals surface area (Å²) in [4.78, 5) is 4.31. The molecule has 0 aliphatic heterocycles. The summed E-state index contributed by atoms with van der Waals surface area (Å²) >= 11 is 6.94. The van der Waals surface area contributed by atoms with Crippen molar-refractivity contribution in [2.24, 2.45) is 0 Å². The fourth-order valence-electron chi connectivity index (χ4n) is 1.56. The zero-order valence-corrected chi connectivity index (χ0v) is 13.2. The van der Waals surface area contributed by atoms with Crippen molar-refractivity contribution >= 4 is 31.9 Å². The van der Waals surface area contributed by atoms with E-state index >= 15 is 0 Å². The molecule has 0 amide bonds. The predicted octanol–water partition coefficient (Wildman–Crippen LogP) is 4.63. The molecule has 0 saturated heterocycles. The first-order chi connectivity index (χ1) is 8.70. The van der Waals surface area contributed by atoms with Crippen LogP contribution in [0.3, 0.4) is 0 Å². The average Bonchev–Trinajstić information content (AvgIpc) is 2.39. The van der Waals surface area contributed by atoms with Gasteiger partial charge in [-0.15, -0.1) is 0 Å². The molecule has 0 atom stereocenters. The Morgan fingerprint density at radius 1 is 1.28 bits per heavy atom. The maximum absolute atomic E-state index is 5.78. The fraction of sp³-hybridized carbons (Fsp3) is 0.214. The quantitative estimate of drug-likeness (QED) is 0.732. The Kier molecular flexibility index (Phi) is 4.78. The Bertz CT molecular complexity index is 543. The Hall–Kier alpha value is -0.870. The van der Waals surface area contributed by atoms with E-state index in [0.717, 1.165) is 26.8 Å². The van der Waals surface area contributed by atoms with Crippen molar-refractivity contribution in [2.45, 2.75) is 18.9 Å². The van der Waals surface area contributed by atoms with Gasteiger partial charge in [0, 0.05) is 11.5 Å². The molecule has 0 fully saturated rings. The minimum absolute atomic E-state index is 0.485. The molecule has 2 nitrogen and oxygen atoms in total.